The fourth-order valence-electron chi connectivity index (χ4n) is 6.20. The van der Waals surface area contributed by atoms with Crippen LogP contribution in [0.5, 0.6) is 5.75 Å². The highest BCUT2D eigenvalue weighted by atomic mass is 28.3. The first-order valence-electron chi connectivity index (χ1n) is 12.9. The molecule has 2 aliphatic heterocycles. The third-order valence-corrected chi connectivity index (χ3v) is 13.8. The molecule has 0 radical (unpaired) electrons. The normalized spacial score (nSPS) is 25.1. The van der Waals surface area contributed by atoms with E-state index in [4.69, 9.17) is 0 Å². The fraction of sp³-hybridized carbons (Fsp3) is 0.571. The van der Waals surface area contributed by atoms with Crippen molar-refractivity contribution >= 4 is 8.07 Å². The molecule has 34 heavy (non-hydrogen) atoms. The van der Waals surface area contributed by atoms with Gasteiger partial charge in [-0.2, -0.15) is 8.78 Å². The molecule has 2 aliphatic rings. The van der Waals surface area contributed by atoms with Gasteiger partial charge < -0.3 is 4.74 Å². The Bertz CT molecular complexity index is 928. The minimum Gasteiger partial charge on any atom is -0.432 e. The highest BCUT2D eigenvalue weighted by Crippen LogP contribution is 2.47. The second-order valence-electron chi connectivity index (χ2n) is 10.5. The monoisotopic (exact) mass is 492 g/mol. The molecule has 0 atom stereocenters. The average molecular weight is 493 g/mol. The Hall–Kier alpha value is -1.82. The summed E-state index contributed by atoms with van der Waals surface area (Å²) in [5.74, 6) is -1.04. The minimum absolute atomic E-state index is 0.0522. The van der Waals surface area contributed by atoms with Crippen LogP contribution in [0.2, 0.25) is 24.2 Å². The third-order valence-electron chi connectivity index (χ3n) is 8.36. The highest BCUT2D eigenvalue weighted by Gasteiger charge is 2.40. The van der Waals surface area contributed by atoms with E-state index in [2.05, 4.69) is 11.7 Å². The molecule has 0 saturated carbocycles. The van der Waals surface area contributed by atoms with Gasteiger partial charge in [0.05, 0.1) is 8.07 Å². The van der Waals surface area contributed by atoms with Crippen LogP contribution in [-0.4, -0.2) is 14.7 Å². The SMILES string of the molecule is CCCCCC1CC[Si]2(CC1)CCC(c1ccc(-c3cc(F)c(OC(F)F)cc3F)cc1)CC2. The second kappa shape index (κ2) is 11.3. The standard InChI is InChI=1S/C28H36F4OSi/c1-2-3-4-5-20-10-14-34(15-11-20)16-12-22(13-17-34)21-6-8-23(9-7-21)24-18-26(30)27(19-25(24)29)33-28(31)32/h6-9,18-20,22,28H,2-5,10-17H2,1H3. The predicted octanol–water partition coefficient (Wildman–Crippen LogP) is 9.55. The molecule has 6 heteroatoms. The molecule has 1 spiro atoms. The molecule has 4 rings (SSSR count). The smallest absolute Gasteiger partial charge is 0.387 e. The Morgan fingerprint density at radius 2 is 1.53 bits per heavy atom. The minimum atomic E-state index is -3.20. The van der Waals surface area contributed by atoms with Crippen LogP contribution in [0.1, 0.15) is 69.8 Å². The summed E-state index contributed by atoms with van der Waals surface area (Å²) < 4.78 is 57.3. The van der Waals surface area contributed by atoms with Gasteiger partial charge >= 0.3 is 6.61 Å². The Morgan fingerprint density at radius 1 is 0.882 bits per heavy atom. The number of benzene rings is 2. The lowest BCUT2D eigenvalue weighted by Gasteiger charge is -2.43. The Morgan fingerprint density at radius 3 is 2.15 bits per heavy atom. The number of unbranched alkanes of at least 4 members (excludes halogenated alkanes) is 2. The van der Waals surface area contributed by atoms with Gasteiger partial charge in [0.2, 0.25) is 0 Å². The van der Waals surface area contributed by atoms with Crippen LogP contribution in [0.4, 0.5) is 17.6 Å². The van der Waals surface area contributed by atoms with Crippen molar-refractivity contribution in [3.8, 4) is 16.9 Å². The van der Waals surface area contributed by atoms with E-state index in [1.807, 2.05) is 24.3 Å². The van der Waals surface area contributed by atoms with Gasteiger partial charge in [-0.15, -0.1) is 0 Å². The number of rotatable bonds is 8. The molecule has 0 amide bonds. The fourth-order valence-corrected chi connectivity index (χ4v) is 11.7. The third kappa shape index (κ3) is 6.05. The van der Waals surface area contributed by atoms with Crippen molar-refractivity contribution in [2.75, 3.05) is 0 Å². The summed E-state index contributed by atoms with van der Waals surface area (Å²) in [6, 6.07) is 15.2. The summed E-state index contributed by atoms with van der Waals surface area (Å²) in [4.78, 5) is 0. The van der Waals surface area contributed by atoms with Gasteiger partial charge in [-0.3, -0.25) is 0 Å². The first-order valence-corrected chi connectivity index (χ1v) is 15.8. The van der Waals surface area contributed by atoms with Crippen molar-refractivity contribution in [2.45, 2.75) is 95.0 Å². The van der Waals surface area contributed by atoms with Crippen LogP contribution in [0.3, 0.4) is 0 Å². The number of hydrogen-bond donors (Lipinski definition) is 0. The molecule has 2 aromatic carbocycles. The van der Waals surface area contributed by atoms with E-state index in [-0.39, 0.29) is 5.56 Å². The lowest BCUT2D eigenvalue weighted by Crippen LogP contribution is -2.41. The van der Waals surface area contributed by atoms with Gasteiger partial charge in [0.1, 0.15) is 5.82 Å². The van der Waals surface area contributed by atoms with Crippen LogP contribution in [0.25, 0.3) is 11.1 Å². The first kappa shape index (κ1) is 25.3. The van der Waals surface area contributed by atoms with Crippen molar-refractivity contribution in [3.63, 3.8) is 0 Å². The average Bonchev–Trinajstić information content (AvgIpc) is 2.83. The molecule has 186 valence electrons. The summed E-state index contributed by atoms with van der Waals surface area (Å²) >= 11 is 0. The Kier molecular flexibility index (Phi) is 8.38. The van der Waals surface area contributed by atoms with Crippen LogP contribution >= 0.6 is 0 Å². The van der Waals surface area contributed by atoms with E-state index in [9.17, 15) is 17.6 Å². The van der Waals surface area contributed by atoms with Crippen LogP contribution in [-0.2, 0) is 0 Å². The van der Waals surface area contributed by atoms with Gasteiger partial charge in [-0.05, 0) is 41.9 Å². The van der Waals surface area contributed by atoms with Gasteiger partial charge in [0.25, 0.3) is 0 Å². The molecule has 2 fully saturated rings. The molecule has 0 N–H and O–H groups in total. The molecule has 0 aliphatic carbocycles. The van der Waals surface area contributed by atoms with Crippen molar-refractivity contribution in [1.29, 1.82) is 0 Å². The molecule has 1 nitrogen and oxygen atoms in total. The van der Waals surface area contributed by atoms with Crippen LogP contribution < -0.4 is 4.74 Å². The summed E-state index contributed by atoms with van der Waals surface area (Å²) in [5, 5.41) is 0. The topological polar surface area (TPSA) is 9.23 Å². The lowest BCUT2D eigenvalue weighted by molar-refractivity contribution is -0.0523. The van der Waals surface area contributed by atoms with Crippen LogP contribution in [0.15, 0.2) is 36.4 Å². The van der Waals surface area contributed by atoms with E-state index in [0.717, 1.165) is 12.0 Å². The van der Waals surface area contributed by atoms with Gasteiger partial charge in [0.15, 0.2) is 11.6 Å². The van der Waals surface area contributed by atoms with E-state index in [0.29, 0.717) is 17.5 Å². The molecular weight excluding hydrogens is 456 g/mol. The zero-order chi connectivity index (χ0) is 24.1. The number of halogens is 4. The number of ether oxygens (including phenoxy) is 1. The maximum Gasteiger partial charge on any atom is 0.387 e. The maximum absolute atomic E-state index is 14.5. The zero-order valence-corrected chi connectivity index (χ0v) is 21.1. The van der Waals surface area contributed by atoms with Crippen molar-refractivity contribution in [2.24, 2.45) is 5.92 Å². The Labute approximate surface area is 201 Å². The van der Waals surface area contributed by atoms with Crippen molar-refractivity contribution < 1.29 is 22.3 Å². The van der Waals surface area contributed by atoms with E-state index < -0.39 is 32.1 Å². The summed E-state index contributed by atoms with van der Waals surface area (Å²) in [6.45, 7) is -0.920. The quantitative estimate of drug-likeness (QED) is 0.202. The van der Waals surface area contributed by atoms with Crippen LogP contribution in [0, 0.1) is 17.6 Å². The second-order valence-corrected chi connectivity index (χ2v) is 15.5. The molecule has 2 saturated heterocycles. The molecule has 0 aromatic heterocycles. The molecular formula is C28H36F4OSi. The summed E-state index contributed by atoms with van der Waals surface area (Å²) in [6.07, 6.45) is 10.9. The predicted molar refractivity (Wildman–Crippen MR) is 132 cm³/mol. The van der Waals surface area contributed by atoms with Gasteiger partial charge in [-0.25, -0.2) is 8.78 Å². The Balaban J connectivity index is 1.34. The van der Waals surface area contributed by atoms with Crippen molar-refractivity contribution in [1.82, 2.24) is 0 Å². The van der Waals surface area contributed by atoms with E-state index in [1.165, 1.54) is 81.1 Å². The molecule has 2 aromatic rings. The zero-order valence-electron chi connectivity index (χ0n) is 20.1. The molecule has 0 unspecified atom stereocenters. The van der Waals surface area contributed by atoms with Gasteiger partial charge in [0, 0.05) is 11.6 Å². The highest BCUT2D eigenvalue weighted by molar-refractivity contribution is 6.80. The largest absolute Gasteiger partial charge is 0.432 e. The van der Waals surface area contributed by atoms with Crippen molar-refractivity contribution in [3.05, 3.63) is 53.6 Å². The number of hydrogen-bond acceptors (Lipinski definition) is 1. The molecule has 2 heterocycles. The summed E-state index contributed by atoms with van der Waals surface area (Å²) in [7, 11) is -1.08. The van der Waals surface area contributed by atoms with E-state index >= 15 is 0 Å². The maximum atomic E-state index is 14.5. The van der Waals surface area contributed by atoms with E-state index in [1.54, 1.807) is 0 Å². The summed E-state index contributed by atoms with van der Waals surface area (Å²) in [5.41, 5.74) is 1.85. The first-order chi connectivity index (χ1) is 16.4. The number of alkyl halides is 2. The van der Waals surface area contributed by atoms with Gasteiger partial charge in [-0.1, -0.05) is 93.9 Å². The lowest BCUT2D eigenvalue weighted by atomic mass is 9.91. The molecule has 0 bridgehead atoms.